The van der Waals surface area contributed by atoms with Crippen LogP contribution in [0.4, 0.5) is 5.13 Å². The van der Waals surface area contributed by atoms with Crippen LogP contribution in [0, 0.1) is 13.8 Å². The minimum atomic E-state index is -1.01. The van der Waals surface area contributed by atoms with Crippen molar-refractivity contribution < 1.29 is 23.8 Å². The average molecular weight is 610 g/mol. The summed E-state index contributed by atoms with van der Waals surface area (Å²) in [6, 6.07) is 27.1. The van der Waals surface area contributed by atoms with Crippen molar-refractivity contribution in [1.82, 2.24) is 10.2 Å². The second-order valence-electron chi connectivity index (χ2n) is 9.98. The number of aromatic nitrogens is 2. The van der Waals surface area contributed by atoms with Crippen LogP contribution >= 0.6 is 23.1 Å². The number of anilines is 1. The lowest BCUT2D eigenvalue weighted by Gasteiger charge is -2.20. The molecule has 2 aromatic heterocycles. The van der Waals surface area contributed by atoms with Crippen LogP contribution in [0.15, 0.2) is 105 Å². The van der Waals surface area contributed by atoms with E-state index in [1.165, 1.54) is 28.0 Å². The molecular formula is C33H27N3O5S2. The van der Waals surface area contributed by atoms with Crippen LogP contribution in [0.5, 0.6) is 5.75 Å². The van der Waals surface area contributed by atoms with Crippen LogP contribution in [-0.2, 0) is 21.9 Å². The average Bonchev–Trinajstić information content (AvgIpc) is 3.74. The minimum absolute atomic E-state index is 0.0818. The van der Waals surface area contributed by atoms with Gasteiger partial charge in [-0.2, -0.15) is 0 Å². The van der Waals surface area contributed by atoms with E-state index in [9.17, 15) is 14.7 Å². The van der Waals surface area contributed by atoms with Crippen molar-refractivity contribution in [3.63, 3.8) is 0 Å². The van der Waals surface area contributed by atoms with Gasteiger partial charge in [0, 0.05) is 11.3 Å². The van der Waals surface area contributed by atoms with Crippen molar-refractivity contribution in [3.8, 4) is 5.75 Å². The van der Waals surface area contributed by atoms with E-state index >= 15 is 0 Å². The number of furan rings is 1. The summed E-state index contributed by atoms with van der Waals surface area (Å²) in [6.45, 7) is 4.20. The van der Waals surface area contributed by atoms with Crippen LogP contribution < -0.4 is 9.64 Å². The number of aliphatic hydroxyl groups excluding tert-OH is 1. The molecule has 0 saturated carbocycles. The first-order valence-corrected chi connectivity index (χ1v) is 15.3. The lowest BCUT2D eigenvalue weighted by molar-refractivity contribution is -0.132. The molecule has 1 fully saturated rings. The molecule has 0 aliphatic carbocycles. The molecular weight excluding hydrogens is 583 g/mol. The zero-order valence-electron chi connectivity index (χ0n) is 23.4. The predicted octanol–water partition coefficient (Wildman–Crippen LogP) is 7.25. The number of carbonyl (C=O) groups is 2. The molecule has 1 aliphatic rings. The van der Waals surface area contributed by atoms with E-state index in [0.29, 0.717) is 39.5 Å². The highest BCUT2D eigenvalue weighted by Gasteiger charge is 2.49. The van der Waals surface area contributed by atoms with Gasteiger partial charge in [0.2, 0.25) is 5.13 Å². The van der Waals surface area contributed by atoms with E-state index in [-0.39, 0.29) is 16.5 Å². The first-order chi connectivity index (χ1) is 20.9. The second kappa shape index (κ2) is 12.3. The molecule has 43 heavy (non-hydrogen) atoms. The van der Waals surface area contributed by atoms with Gasteiger partial charge in [0.05, 0.1) is 5.57 Å². The van der Waals surface area contributed by atoms with Gasteiger partial charge in [0.1, 0.15) is 35.7 Å². The van der Waals surface area contributed by atoms with E-state index < -0.39 is 17.7 Å². The maximum atomic E-state index is 13.4. The third kappa shape index (κ3) is 5.97. The number of benzene rings is 3. The monoisotopic (exact) mass is 609 g/mol. The number of thioether (sulfide) groups is 1. The van der Waals surface area contributed by atoms with E-state index in [1.807, 2.05) is 61.5 Å². The zero-order valence-corrected chi connectivity index (χ0v) is 25.0. The molecule has 216 valence electrons. The van der Waals surface area contributed by atoms with Crippen LogP contribution in [-0.4, -0.2) is 27.0 Å². The van der Waals surface area contributed by atoms with Gasteiger partial charge in [0.15, 0.2) is 4.34 Å². The molecule has 10 heteroatoms. The van der Waals surface area contributed by atoms with E-state index in [2.05, 4.69) is 10.2 Å². The number of hydrogen-bond acceptors (Lipinski definition) is 9. The number of nitrogens with zero attached hydrogens (tertiary/aromatic N) is 3. The Bertz CT molecular complexity index is 1810. The smallest absolute Gasteiger partial charge is 0.302 e. The fourth-order valence-electron chi connectivity index (χ4n) is 4.77. The Hall–Kier alpha value is -4.67. The Labute approximate surface area is 256 Å². The van der Waals surface area contributed by atoms with Gasteiger partial charge in [-0.25, -0.2) is 0 Å². The molecule has 3 aromatic carbocycles. The number of carbonyl (C=O) groups excluding carboxylic acids is 2. The van der Waals surface area contributed by atoms with Crippen molar-refractivity contribution in [2.75, 3.05) is 4.90 Å². The van der Waals surface area contributed by atoms with Gasteiger partial charge in [-0.05, 0) is 66.9 Å². The number of rotatable bonds is 9. The van der Waals surface area contributed by atoms with Gasteiger partial charge in [-0.15, -0.1) is 10.2 Å². The van der Waals surface area contributed by atoms with Crippen LogP contribution in [0.2, 0.25) is 0 Å². The molecule has 5 aromatic rings. The highest BCUT2D eigenvalue weighted by Crippen LogP contribution is 2.44. The standard InChI is InChI=1S/C33H27N3O5S2/c1-20-8-6-7-11-24(20)18-40-25-15-13-23(14-16-25)29(37)27-28(26-17-12-21(2)41-26)36(31(39)30(27)38)32-34-35-33(43-32)42-19-22-9-4-3-5-10-22/h3-17,28,37H,18-19H2,1-2H3/b29-27+. The number of hydrogen-bond donors (Lipinski definition) is 1. The van der Waals surface area contributed by atoms with Crippen molar-refractivity contribution >= 4 is 45.7 Å². The van der Waals surface area contributed by atoms with E-state index in [0.717, 1.165) is 16.7 Å². The quantitative estimate of drug-likeness (QED) is 0.0613. The van der Waals surface area contributed by atoms with Crippen LogP contribution in [0.3, 0.4) is 0 Å². The largest absolute Gasteiger partial charge is 0.507 e. The fraction of sp³-hybridized carbons (Fsp3) is 0.152. The molecule has 0 spiro atoms. The Kier molecular flexibility index (Phi) is 8.13. The summed E-state index contributed by atoms with van der Waals surface area (Å²) in [5.41, 5.74) is 3.61. The minimum Gasteiger partial charge on any atom is -0.507 e. The maximum absolute atomic E-state index is 13.4. The van der Waals surface area contributed by atoms with Gasteiger partial charge in [0.25, 0.3) is 5.78 Å². The van der Waals surface area contributed by atoms with Crippen LogP contribution in [0.25, 0.3) is 5.76 Å². The lowest BCUT2D eigenvalue weighted by Crippen LogP contribution is -2.29. The number of ether oxygens (including phenoxy) is 1. The Morgan fingerprint density at radius 1 is 0.953 bits per heavy atom. The summed E-state index contributed by atoms with van der Waals surface area (Å²) < 4.78 is 12.5. The lowest BCUT2D eigenvalue weighted by atomic mass is 9.99. The van der Waals surface area contributed by atoms with Crippen molar-refractivity contribution in [2.45, 2.75) is 36.6 Å². The summed E-state index contributed by atoms with van der Waals surface area (Å²) in [6.07, 6.45) is 0. The van der Waals surface area contributed by atoms with Crippen molar-refractivity contribution in [3.05, 3.63) is 130 Å². The summed E-state index contributed by atoms with van der Waals surface area (Å²) in [5.74, 6) is 0.276. The third-order valence-corrected chi connectivity index (χ3v) is 9.19. The maximum Gasteiger partial charge on any atom is 0.302 e. The number of amides is 1. The summed E-state index contributed by atoms with van der Waals surface area (Å²) >= 11 is 2.70. The molecule has 6 rings (SSSR count). The van der Waals surface area contributed by atoms with Crippen LogP contribution in [0.1, 0.15) is 39.8 Å². The highest BCUT2D eigenvalue weighted by atomic mass is 32.2. The van der Waals surface area contributed by atoms with Gasteiger partial charge < -0.3 is 14.3 Å². The number of aliphatic hydroxyl groups is 1. The summed E-state index contributed by atoms with van der Waals surface area (Å²) in [7, 11) is 0. The molecule has 1 atom stereocenters. The third-order valence-electron chi connectivity index (χ3n) is 7.07. The van der Waals surface area contributed by atoms with Gasteiger partial charge in [-0.3, -0.25) is 14.5 Å². The highest BCUT2D eigenvalue weighted by molar-refractivity contribution is 8.00. The Morgan fingerprint density at radius 3 is 2.42 bits per heavy atom. The van der Waals surface area contributed by atoms with Crippen molar-refractivity contribution in [2.24, 2.45) is 0 Å². The fourth-order valence-corrected chi connectivity index (χ4v) is 6.60. The zero-order chi connectivity index (χ0) is 29.9. The Balaban J connectivity index is 1.29. The molecule has 1 amide bonds. The molecule has 1 unspecified atom stereocenters. The molecule has 1 saturated heterocycles. The first kappa shape index (κ1) is 28.4. The normalized spacial score (nSPS) is 16.1. The number of Topliss-reactive ketones (excluding diaryl/α,β-unsaturated/α-hetero) is 1. The van der Waals surface area contributed by atoms with E-state index in [4.69, 9.17) is 9.15 Å². The molecule has 0 radical (unpaired) electrons. The number of ketones is 1. The van der Waals surface area contributed by atoms with Crippen molar-refractivity contribution in [1.29, 1.82) is 0 Å². The molecule has 1 N–H and O–H groups in total. The van der Waals surface area contributed by atoms with Gasteiger partial charge in [-0.1, -0.05) is 77.7 Å². The number of aryl methyl sites for hydroxylation is 2. The SMILES string of the molecule is Cc1ccc(C2/C(=C(\O)c3ccc(OCc4ccccc4C)cc3)C(=O)C(=O)N2c2nnc(SCc3ccccc3)s2)o1. The Morgan fingerprint density at radius 2 is 1.70 bits per heavy atom. The predicted molar refractivity (Wildman–Crippen MR) is 166 cm³/mol. The topological polar surface area (TPSA) is 106 Å². The van der Waals surface area contributed by atoms with Gasteiger partial charge >= 0.3 is 5.91 Å². The summed E-state index contributed by atoms with van der Waals surface area (Å²) in [5, 5.41) is 20.2. The van der Waals surface area contributed by atoms with E-state index in [1.54, 1.807) is 43.3 Å². The molecule has 1 aliphatic heterocycles. The molecule has 3 heterocycles. The molecule has 0 bridgehead atoms. The first-order valence-electron chi connectivity index (χ1n) is 13.5. The summed E-state index contributed by atoms with van der Waals surface area (Å²) in [4.78, 5) is 28.1. The molecule has 8 nitrogen and oxygen atoms in total. The second-order valence-corrected chi connectivity index (χ2v) is 12.2.